The van der Waals surface area contributed by atoms with E-state index < -0.39 is 0 Å². The zero-order valence-corrected chi connectivity index (χ0v) is 19.0. The third kappa shape index (κ3) is 3.66. The first-order valence-electron chi connectivity index (χ1n) is 9.95. The number of fused-ring (bicyclic) bond motifs is 2. The van der Waals surface area contributed by atoms with E-state index in [1.54, 1.807) is 22.2 Å². The van der Waals surface area contributed by atoms with Crippen molar-refractivity contribution in [3.05, 3.63) is 33.7 Å². The Kier molecular flexibility index (Phi) is 5.15. The molecule has 154 valence electrons. The third-order valence-electron chi connectivity index (χ3n) is 5.75. The molecule has 4 rings (SSSR count). The molecule has 1 N–H and O–H groups in total. The molecule has 8 heteroatoms. The molecule has 1 unspecified atom stereocenters. The summed E-state index contributed by atoms with van der Waals surface area (Å²) in [7, 11) is 1.89. The van der Waals surface area contributed by atoms with Gasteiger partial charge in [0.15, 0.2) is 5.15 Å². The second kappa shape index (κ2) is 7.36. The van der Waals surface area contributed by atoms with Crippen molar-refractivity contribution in [2.75, 3.05) is 5.32 Å². The van der Waals surface area contributed by atoms with Crippen molar-refractivity contribution in [2.24, 2.45) is 13.0 Å². The predicted molar refractivity (Wildman–Crippen MR) is 118 cm³/mol. The lowest BCUT2D eigenvalue weighted by Crippen LogP contribution is -2.32. The zero-order chi connectivity index (χ0) is 20.9. The predicted octanol–water partition coefficient (Wildman–Crippen LogP) is 5.07. The second-order valence-corrected chi connectivity index (χ2v) is 10.2. The summed E-state index contributed by atoms with van der Waals surface area (Å²) in [5, 5.41) is 9.18. The van der Waals surface area contributed by atoms with Crippen molar-refractivity contribution >= 4 is 44.9 Å². The number of rotatable bonds is 5. The Morgan fingerprint density at radius 1 is 1.41 bits per heavy atom. The molecule has 0 radical (unpaired) electrons. The lowest BCUT2D eigenvalue weighted by molar-refractivity contribution is -0.120. The fourth-order valence-corrected chi connectivity index (χ4v) is 5.30. The highest BCUT2D eigenvalue weighted by Crippen LogP contribution is 2.39. The van der Waals surface area contributed by atoms with Gasteiger partial charge in [-0.25, -0.2) is 9.97 Å². The molecule has 1 aliphatic rings. The molecule has 4 heterocycles. The summed E-state index contributed by atoms with van der Waals surface area (Å²) in [5.74, 6) is 1.21. The minimum Gasteiger partial charge on any atom is -0.310 e. The van der Waals surface area contributed by atoms with Gasteiger partial charge in [0.1, 0.15) is 11.3 Å². The highest BCUT2D eigenvalue weighted by molar-refractivity contribution is 7.18. The minimum absolute atomic E-state index is 0.0527. The highest BCUT2D eigenvalue weighted by atomic mass is 35.5. The monoisotopic (exact) mass is 431 g/mol. The quantitative estimate of drug-likeness (QED) is 0.572. The Bertz CT molecular complexity index is 1080. The van der Waals surface area contributed by atoms with Crippen LogP contribution in [0.5, 0.6) is 0 Å². The highest BCUT2D eigenvalue weighted by Gasteiger charge is 2.34. The van der Waals surface area contributed by atoms with Crippen molar-refractivity contribution in [3.63, 3.8) is 0 Å². The number of amides is 1. The van der Waals surface area contributed by atoms with E-state index in [-0.39, 0.29) is 17.2 Å². The number of anilines is 1. The fraction of sp³-hybridized carbons (Fsp3) is 0.524. The molecular formula is C21H26ClN5OS. The molecule has 0 aliphatic carbocycles. The first-order chi connectivity index (χ1) is 13.7. The third-order valence-corrected chi connectivity index (χ3v) is 7.41. The molecule has 1 atom stereocenters. The standard InChI is InChI=1S/C21H26ClN5OS/c1-11(2)15-13-10-12(19(28)25-18(13)27(5)26-15)6-8-21(3,4)20-24-16-14(29-20)7-9-23-17(16)22/h7,9,11-12H,6,8,10H2,1-5H3,(H,25,28). The van der Waals surface area contributed by atoms with Crippen LogP contribution in [0.3, 0.4) is 0 Å². The number of nitrogens with one attached hydrogen (secondary N) is 1. The van der Waals surface area contributed by atoms with Gasteiger partial charge >= 0.3 is 0 Å². The number of carbonyl (C=O) groups excluding carboxylic acids is 1. The van der Waals surface area contributed by atoms with Crippen molar-refractivity contribution in [1.29, 1.82) is 0 Å². The summed E-state index contributed by atoms with van der Waals surface area (Å²) < 4.78 is 2.84. The Labute approximate surface area is 179 Å². The number of nitrogens with zero attached hydrogens (tertiary/aromatic N) is 4. The van der Waals surface area contributed by atoms with Crippen molar-refractivity contribution < 1.29 is 4.79 Å². The smallest absolute Gasteiger partial charge is 0.228 e. The van der Waals surface area contributed by atoms with E-state index in [0.29, 0.717) is 11.1 Å². The number of aryl methyl sites for hydroxylation is 1. The molecule has 0 bridgehead atoms. The fourth-order valence-electron chi connectivity index (χ4n) is 3.96. The lowest BCUT2D eigenvalue weighted by atomic mass is 9.81. The molecule has 1 aliphatic heterocycles. The average molecular weight is 432 g/mol. The number of carbonyl (C=O) groups is 1. The van der Waals surface area contributed by atoms with Crippen LogP contribution in [-0.2, 0) is 23.7 Å². The summed E-state index contributed by atoms with van der Waals surface area (Å²) >= 11 is 7.86. The maximum Gasteiger partial charge on any atom is 0.228 e. The van der Waals surface area contributed by atoms with Gasteiger partial charge in [0.25, 0.3) is 0 Å². The molecule has 0 saturated heterocycles. The topological polar surface area (TPSA) is 72.7 Å². The van der Waals surface area contributed by atoms with Gasteiger partial charge in [-0.3, -0.25) is 9.48 Å². The molecule has 3 aromatic rings. The molecule has 0 fully saturated rings. The van der Waals surface area contributed by atoms with Gasteiger partial charge in [-0.15, -0.1) is 11.3 Å². The van der Waals surface area contributed by atoms with E-state index >= 15 is 0 Å². The van der Waals surface area contributed by atoms with Gasteiger partial charge in [-0.1, -0.05) is 39.3 Å². The summed E-state index contributed by atoms with van der Waals surface area (Å²) in [4.78, 5) is 21.6. The van der Waals surface area contributed by atoms with Crippen molar-refractivity contribution in [1.82, 2.24) is 19.7 Å². The molecule has 3 aromatic heterocycles. The van der Waals surface area contributed by atoms with Gasteiger partial charge in [0.05, 0.1) is 15.4 Å². The van der Waals surface area contributed by atoms with Crippen LogP contribution in [0.1, 0.15) is 62.7 Å². The van der Waals surface area contributed by atoms with Gasteiger partial charge in [-0.05, 0) is 31.2 Å². The normalized spacial score (nSPS) is 17.1. The summed E-state index contributed by atoms with van der Waals surface area (Å²) in [5.41, 5.74) is 2.88. The van der Waals surface area contributed by atoms with Crippen LogP contribution in [0, 0.1) is 5.92 Å². The minimum atomic E-state index is -0.149. The van der Waals surface area contributed by atoms with E-state index in [0.717, 1.165) is 46.0 Å². The van der Waals surface area contributed by atoms with Crippen LogP contribution in [0.2, 0.25) is 5.15 Å². The number of aromatic nitrogens is 4. The maximum absolute atomic E-state index is 12.7. The number of halogens is 1. The molecular weight excluding hydrogens is 406 g/mol. The Balaban J connectivity index is 1.53. The first kappa shape index (κ1) is 20.3. The first-order valence-corrected chi connectivity index (χ1v) is 11.1. The van der Waals surface area contributed by atoms with Crippen LogP contribution in [0.15, 0.2) is 12.3 Å². The van der Waals surface area contributed by atoms with E-state index in [1.165, 1.54) is 5.56 Å². The summed E-state index contributed by atoms with van der Waals surface area (Å²) in [6.07, 6.45) is 4.12. The molecule has 0 aromatic carbocycles. The largest absolute Gasteiger partial charge is 0.310 e. The second-order valence-electron chi connectivity index (χ2n) is 8.77. The number of pyridine rings is 1. The van der Waals surface area contributed by atoms with Crippen LogP contribution in [0.25, 0.3) is 10.2 Å². The number of thiazole rings is 1. The zero-order valence-electron chi connectivity index (χ0n) is 17.4. The van der Waals surface area contributed by atoms with Crippen LogP contribution in [-0.4, -0.2) is 25.7 Å². The van der Waals surface area contributed by atoms with Gasteiger partial charge in [0, 0.05) is 30.1 Å². The van der Waals surface area contributed by atoms with Crippen LogP contribution < -0.4 is 5.32 Å². The molecule has 1 amide bonds. The SMILES string of the molecule is CC(C)c1nn(C)c2c1CC(CCC(C)(C)c1nc3c(Cl)nccc3s1)C(=O)N2. The molecule has 6 nitrogen and oxygen atoms in total. The van der Waals surface area contributed by atoms with Gasteiger partial charge in [-0.2, -0.15) is 5.10 Å². The van der Waals surface area contributed by atoms with Crippen molar-refractivity contribution in [3.8, 4) is 0 Å². The van der Waals surface area contributed by atoms with Gasteiger partial charge in [0.2, 0.25) is 5.91 Å². The number of hydrogen-bond donors (Lipinski definition) is 1. The van der Waals surface area contributed by atoms with Crippen LogP contribution >= 0.6 is 22.9 Å². The van der Waals surface area contributed by atoms with E-state index in [9.17, 15) is 4.79 Å². The lowest BCUT2D eigenvalue weighted by Gasteiger charge is -2.27. The average Bonchev–Trinajstić information content (AvgIpc) is 3.23. The van der Waals surface area contributed by atoms with Gasteiger partial charge < -0.3 is 5.32 Å². The van der Waals surface area contributed by atoms with Crippen molar-refractivity contribution in [2.45, 2.75) is 58.3 Å². The molecule has 29 heavy (non-hydrogen) atoms. The molecule has 0 spiro atoms. The van der Waals surface area contributed by atoms with E-state index in [2.05, 4.69) is 43.1 Å². The van der Waals surface area contributed by atoms with E-state index in [4.69, 9.17) is 16.6 Å². The maximum atomic E-state index is 12.7. The Morgan fingerprint density at radius 3 is 2.86 bits per heavy atom. The Morgan fingerprint density at radius 2 is 2.17 bits per heavy atom. The molecule has 0 saturated carbocycles. The van der Waals surface area contributed by atoms with E-state index in [1.807, 2.05) is 13.1 Å². The summed E-state index contributed by atoms with van der Waals surface area (Å²) in [6, 6.07) is 1.95. The Hall–Kier alpha value is -1.99. The summed E-state index contributed by atoms with van der Waals surface area (Å²) in [6.45, 7) is 8.65. The van der Waals surface area contributed by atoms with Crippen LogP contribution in [0.4, 0.5) is 5.82 Å². The number of hydrogen-bond acceptors (Lipinski definition) is 5.